The number of ketones is 1. The highest BCUT2D eigenvalue weighted by atomic mass is 16.1. The van der Waals surface area contributed by atoms with E-state index in [1.54, 1.807) is 0 Å². The molecule has 0 spiro atoms. The number of rotatable bonds is 4. The zero-order valence-corrected chi connectivity index (χ0v) is 11.2. The summed E-state index contributed by atoms with van der Waals surface area (Å²) in [7, 11) is 0. The number of aryl methyl sites for hydroxylation is 1. The van der Waals surface area contributed by atoms with Gasteiger partial charge in [0.25, 0.3) is 0 Å². The molecule has 0 aromatic heterocycles. The molecule has 0 bridgehead atoms. The van der Waals surface area contributed by atoms with Gasteiger partial charge in [-0.25, -0.2) is 0 Å². The minimum absolute atomic E-state index is 0.194. The number of hydrogen-bond donors (Lipinski definition) is 1. The fourth-order valence-electron chi connectivity index (χ4n) is 2.76. The Hall–Kier alpha value is -1.15. The van der Waals surface area contributed by atoms with Gasteiger partial charge in [0, 0.05) is 18.4 Å². The summed E-state index contributed by atoms with van der Waals surface area (Å²) in [5.74, 6) is 0.564. The zero-order valence-electron chi connectivity index (χ0n) is 11.2. The van der Waals surface area contributed by atoms with Crippen LogP contribution in [0.2, 0.25) is 0 Å². The van der Waals surface area contributed by atoms with Crippen LogP contribution in [0.5, 0.6) is 0 Å². The summed E-state index contributed by atoms with van der Waals surface area (Å²) >= 11 is 0. The van der Waals surface area contributed by atoms with Crippen LogP contribution in [0, 0.1) is 5.92 Å². The lowest BCUT2D eigenvalue weighted by molar-refractivity contribution is -0.123. The van der Waals surface area contributed by atoms with Gasteiger partial charge in [0.05, 0.1) is 0 Å². The van der Waals surface area contributed by atoms with E-state index in [0.717, 1.165) is 37.7 Å². The summed E-state index contributed by atoms with van der Waals surface area (Å²) in [5.41, 5.74) is 8.40. The Kier molecular flexibility index (Phi) is 4.54. The largest absolute Gasteiger partial charge is 0.328 e. The molecule has 0 radical (unpaired) electrons. The molecule has 0 amide bonds. The first-order valence-electron chi connectivity index (χ1n) is 7.05. The van der Waals surface area contributed by atoms with Crippen LogP contribution < -0.4 is 5.73 Å². The molecule has 0 aliphatic heterocycles. The fraction of sp³-hybridized carbons (Fsp3) is 0.562. The molecule has 2 atom stereocenters. The van der Waals surface area contributed by atoms with Crippen molar-refractivity contribution >= 4 is 5.78 Å². The van der Waals surface area contributed by atoms with Crippen molar-refractivity contribution in [2.45, 2.75) is 51.5 Å². The summed E-state index contributed by atoms with van der Waals surface area (Å²) in [6.07, 6.45) is 5.71. The standard InChI is InChI=1S/C16H23NO/c1-2-12-6-8-13(9-7-12)10-16(18)14-4-3-5-15(17)11-14/h6-9,14-15H,2-5,10-11,17H2,1H3. The van der Waals surface area contributed by atoms with Gasteiger partial charge in [-0.15, -0.1) is 0 Å². The van der Waals surface area contributed by atoms with Crippen LogP contribution in [-0.4, -0.2) is 11.8 Å². The van der Waals surface area contributed by atoms with E-state index >= 15 is 0 Å². The number of Topliss-reactive ketones (excluding diaryl/α,β-unsaturated/α-hetero) is 1. The molecule has 2 heteroatoms. The molecule has 0 saturated heterocycles. The van der Waals surface area contributed by atoms with Gasteiger partial charge in [0.15, 0.2) is 0 Å². The van der Waals surface area contributed by atoms with E-state index in [2.05, 4.69) is 31.2 Å². The number of carbonyl (C=O) groups is 1. The third-order valence-corrected chi connectivity index (χ3v) is 3.98. The molecule has 1 aromatic carbocycles. The maximum atomic E-state index is 12.2. The highest BCUT2D eigenvalue weighted by Gasteiger charge is 2.24. The molecule has 98 valence electrons. The summed E-state index contributed by atoms with van der Waals surface area (Å²) in [6, 6.07) is 8.64. The summed E-state index contributed by atoms with van der Waals surface area (Å²) < 4.78 is 0. The summed E-state index contributed by atoms with van der Waals surface area (Å²) in [5, 5.41) is 0. The molecular formula is C16H23NO. The average molecular weight is 245 g/mol. The van der Waals surface area contributed by atoms with Gasteiger partial charge in [-0.05, 0) is 36.8 Å². The lowest BCUT2D eigenvalue weighted by Gasteiger charge is -2.25. The lowest BCUT2D eigenvalue weighted by atomic mass is 9.82. The van der Waals surface area contributed by atoms with E-state index in [4.69, 9.17) is 5.73 Å². The Morgan fingerprint density at radius 2 is 1.89 bits per heavy atom. The average Bonchev–Trinajstić information content (AvgIpc) is 2.39. The molecule has 1 aromatic rings. The zero-order chi connectivity index (χ0) is 13.0. The maximum absolute atomic E-state index is 12.2. The Morgan fingerprint density at radius 1 is 1.22 bits per heavy atom. The van der Waals surface area contributed by atoms with Crippen LogP contribution in [0.15, 0.2) is 24.3 Å². The molecule has 0 heterocycles. The van der Waals surface area contributed by atoms with E-state index in [1.165, 1.54) is 5.56 Å². The van der Waals surface area contributed by atoms with Gasteiger partial charge in [-0.1, -0.05) is 37.6 Å². The first kappa shape index (κ1) is 13.3. The van der Waals surface area contributed by atoms with Gasteiger partial charge in [0.1, 0.15) is 5.78 Å². The molecule has 1 aliphatic carbocycles. The lowest BCUT2D eigenvalue weighted by Crippen LogP contribution is -2.32. The molecule has 2 nitrogen and oxygen atoms in total. The van der Waals surface area contributed by atoms with Gasteiger partial charge < -0.3 is 5.73 Å². The Bertz CT molecular complexity index is 396. The van der Waals surface area contributed by atoms with Gasteiger partial charge in [-0.2, -0.15) is 0 Å². The van der Waals surface area contributed by atoms with Crippen molar-refractivity contribution in [1.82, 2.24) is 0 Å². The monoisotopic (exact) mass is 245 g/mol. The van der Waals surface area contributed by atoms with Crippen LogP contribution in [-0.2, 0) is 17.6 Å². The first-order valence-corrected chi connectivity index (χ1v) is 7.05. The molecule has 18 heavy (non-hydrogen) atoms. The molecule has 2 unspecified atom stereocenters. The van der Waals surface area contributed by atoms with E-state index in [9.17, 15) is 4.79 Å². The van der Waals surface area contributed by atoms with E-state index < -0.39 is 0 Å². The van der Waals surface area contributed by atoms with Crippen molar-refractivity contribution in [2.75, 3.05) is 0 Å². The summed E-state index contributed by atoms with van der Waals surface area (Å²) in [6.45, 7) is 2.14. The van der Waals surface area contributed by atoms with Gasteiger partial charge in [0.2, 0.25) is 0 Å². The van der Waals surface area contributed by atoms with Crippen LogP contribution in [0.4, 0.5) is 0 Å². The third-order valence-electron chi connectivity index (χ3n) is 3.98. The fourth-order valence-corrected chi connectivity index (χ4v) is 2.76. The number of benzene rings is 1. The Labute approximate surface area is 110 Å². The molecule has 1 fully saturated rings. The topological polar surface area (TPSA) is 43.1 Å². The van der Waals surface area contributed by atoms with Gasteiger partial charge >= 0.3 is 0 Å². The van der Waals surface area contributed by atoms with E-state index in [1.807, 2.05) is 0 Å². The normalized spacial score (nSPS) is 23.9. The first-order chi connectivity index (χ1) is 8.69. The Balaban J connectivity index is 1.93. The SMILES string of the molecule is CCc1ccc(CC(=O)C2CCCC(N)C2)cc1. The van der Waals surface area contributed by atoms with E-state index in [0.29, 0.717) is 12.2 Å². The predicted molar refractivity (Wildman–Crippen MR) is 74.5 cm³/mol. The van der Waals surface area contributed by atoms with Crippen LogP contribution in [0.1, 0.15) is 43.7 Å². The minimum Gasteiger partial charge on any atom is -0.328 e. The van der Waals surface area contributed by atoms with Crippen molar-refractivity contribution in [3.05, 3.63) is 35.4 Å². The predicted octanol–water partition coefficient (Wildman–Crippen LogP) is 2.88. The molecular weight excluding hydrogens is 222 g/mol. The van der Waals surface area contributed by atoms with Gasteiger partial charge in [-0.3, -0.25) is 4.79 Å². The molecule has 1 saturated carbocycles. The van der Waals surface area contributed by atoms with E-state index in [-0.39, 0.29) is 12.0 Å². The summed E-state index contributed by atoms with van der Waals surface area (Å²) in [4.78, 5) is 12.2. The van der Waals surface area contributed by atoms with Crippen molar-refractivity contribution in [3.8, 4) is 0 Å². The van der Waals surface area contributed by atoms with Crippen LogP contribution in [0.25, 0.3) is 0 Å². The molecule has 1 aliphatic rings. The minimum atomic E-state index is 0.194. The number of nitrogens with two attached hydrogens (primary N) is 1. The second-order valence-electron chi connectivity index (χ2n) is 5.44. The third kappa shape index (κ3) is 3.42. The van der Waals surface area contributed by atoms with Crippen molar-refractivity contribution in [1.29, 1.82) is 0 Å². The molecule has 2 rings (SSSR count). The van der Waals surface area contributed by atoms with Crippen LogP contribution in [0.3, 0.4) is 0 Å². The number of carbonyl (C=O) groups excluding carboxylic acids is 1. The quantitative estimate of drug-likeness (QED) is 0.886. The van der Waals surface area contributed by atoms with Crippen molar-refractivity contribution < 1.29 is 4.79 Å². The number of hydrogen-bond acceptors (Lipinski definition) is 2. The Morgan fingerprint density at radius 3 is 2.50 bits per heavy atom. The van der Waals surface area contributed by atoms with Crippen LogP contribution >= 0.6 is 0 Å². The smallest absolute Gasteiger partial charge is 0.140 e. The maximum Gasteiger partial charge on any atom is 0.140 e. The molecule has 2 N–H and O–H groups in total. The highest BCUT2D eigenvalue weighted by molar-refractivity contribution is 5.83. The highest BCUT2D eigenvalue weighted by Crippen LogP contribution is 2.25. The second-order valence-corrected chi connectivity index (χ2v) is 5.44. The second kappa shape index (κ2) is 6.14. The van der Waals surface area contributed by atoms with Crippen molar-refractivity contribution in [2.24, 2.45) is 11.7 Å². The van der Waals surface area contributed by atoms with Crippen molar-refractivity contribution in [3.63, 3.8) is 0 Å².